The van der Waals surface area contributed by atoms with Gasteiger partial charge in [-0.05, 0) is 37.5 Å². The van der Waals surface area contributed by atoms with Crippen LogP contribution in [0.5, 0.6) is 0 Å². The summed E-state index contributed by atoms with van der Waals surface area (Å²) in [7, 11) is -4.78. The van der Waals surface area contributed by atoms with Crippen LogP contribution >= 0.6 is 9.90 Å². The molecule has 1 aromatic heterocycles. The third-order valence-corrected chi connectivity index (χ3v) is 6.45. The maximum Gasteiger partial charge on any atom is 0.418 e. The third-order valence-electron chi connectivity index (χ3n) is 6.10. The van der Waals surface area contributed by atoms with E-state index in [9.17, 15) is 13.2 Å². The summed E-state index contributed by atoms with van der Waals surface area (Å²) in [6.07, 6.45) is 3.90. The van der Waals surface area contributed by atoms with Crippen LogP contribution in [0.4, 0.5) is 4.79 Å². The van der Waals surface area contributed by atoms with E-state index in [0.29, 0.717) is 24.7 Å². The van der Waals surface area contributed by atoms with Gasteiger partial charge in [-0.3, -0.25) is 4.55 Å². The Hall–Kier alpha value is -1.33. The van der Waals surface area contributed by atoms with Crippen molar-refractivity contribution in [3.63, 3.8) is 0 Å². The molecule has 5 rings (SSSR count). The summed E-state index contributed by atoms with van der Waals surface area (Å²) in [6.45, 7) is 0.297. The lowest BCUT2D eigenvalue weighted by atomic mass is 9.81. The molecule has 13 heteroatoms. The minimum Gasteiger partial charge on any atom is -0.423 e. The lowest BCUT2D eigenvalue weighted by Crippen LogP contribution is -2.43. The smallest absolute Gasteiger partial charge is 0.418 e. The van der Waals surface area contributed by atoms with E-state index < -0.39 is 28.5 Å². The molecule has 1 spiro atoms. The second-order valence-corrected chi connectivity index (χ2v) is 8.77. The van der Waals surface area contributed by atoms with Gasteiger partial charge in [-0.25, -0.2) is 4.79 Å². The summed E-state index contributed by atoms with van der Waals surface area (Å²) in [5, 5.41) is 9.03. The van der Waals surface area contributed by atoms with Crippen LogP contribution in [0, 0.1) is 5.41 Å². The van der Waals surface area contributed by atoms with Gasteiger partial charge in [0.15, 0.2) is 0 Å². The number of carbonyl (C=O) groups is 1. The summed E-state index contributed by atoms with van der Waals surface area (Å²) in [6, 6.07) is -1.30. The summed E-state index contributed by atoms with van der Waals surface area (Å²) >= 11 is 0. The van der Waals surface area contributed by atoms with Crippen molar-refractivity contribution in [1.82, 2.24) is 20.2 Å². The molecule has 2 aliphatic heterocycles. The molecule has 150 valence electrons. The zero-order valence-electron chi connectivity index (χ0n) is 14.5. The van der Waals surface area contributed by atoms with E-state index in [0.717, 1.165) is 30.7 Å². The van der Waals surface area contributed by atoms with Crippen molar-refractivity contribution in [3.05, 3.63) is 11.8 Å². The van der Waals surface area contributed by atoms with E-state index in [1.165, 1.54) is 4.90 Å². The highest BCUT2D eigenvalue weighted by atomic mass is 32.3. The van der Waals surface area contributed by atoms with Gasteiger partial charge in [0, 0.05) is 18.5 Å². The Bertz CT molecular complexity index is 867. The number of piperidine rings is 1. The van der Waals surface area contributed by atoms with Gasteiger partial charge in [0.05, 0.1) is 6.04 Å². The molecular formula is C14H22N5O6PS. The zero-order chi connectivity index (χ0) is 18.3. The molecule has 2 amide bonds. The van der Waals surface area contributed by atoms with Gasteiger partial charge in [0.1, 0.15) is 6.04 Å². The van der Waals surface area contributed by atoms with Gasteiger partial charge in [-0.2, -0.15) is 23.4 Å². The molecule has 4 aliphatic rings. The van der Waals surface area contributed by atoms with E-state index in [1.807, 2.05) is 0 Å². The van der Waals surface area contributed by atoms with Gasteiger partial charge in [-0.15, -0.1) is 14.5 Å². The van der Waals surface area contributed by atoms with Crippen molar-refractivity contribution >= 4 is 26.3 Å². The molecule has 1 aromatic rings. The second-order valence-electron chi connectivity index (χ2n) is 7.77. The first kappa shape index (κ1) is 19.0. The summed E-state index contributed by atoms with van der Waals surface area (Å²) in [5.41, 5.74) is 5.56. The number of nitrogens with two attached hydrogens (primary N) is 1. The van der Waals surface area contributed by atoms with Crippen LogP contribution in [0.3, 0.4) is 0 Å². The van der Waals surface area contributed by atoms with E-state index in [1.54, 1.807) is 0 Å². The van der Waals surface area contributed by atoms with Crippen molar-refractivity contribution in [2.45, 2.75) is 56.1 Å². The maximum absolute atomic E-state index is 12.7. The van der Waals surface area contributed by atoms with Gasteiger partial charge >= 0.3 is 16.4 Å². The van der Waals surface area contributed by atoms with Crippen molar-refractivity contribution in [3.8, 4) is 0 Å². The molecule has 0 radical (unpaired) electrons. The molecule has 11 nitrogen and oxygen atoms in total. The number of carbonyl (C=O) groups excluding carboxylic acids is 1. The van der Waals surface area contributed by atoms with Crippen LogP contribution in [-0.2, 0) is 14.7 Å². The number of hydrogen-bond donors (Lipinski definition) is 2. The molecule has 2 unspecified atom stereocenters. The number of nitrogens with zero attached hydrogens (tertiary/aromatic N) is 4. The van der Waals surface area contributed by atoms with Crippen LogP contribution in [0.15, 0.2) is 4.42 Å². The van der Waals surface area contributed by atoms with Crippen molar-refractivity contribution in [2.75, 3.05) is 6.54 Å². The molecule has 4 fully saturated rings. The van der Waals surface area contributed by atoms with Gasteiger partial charge < -0.3 is 15.1 Å². The average Bonchev–Trinajstić information content (AvgIpc) is 3.02. The Kier molecular flexibility index (Phi) is 4.28. The predicted molar refractivity (Wildman–Crippen MR) is 94.7 cm³/mol. The number of hydrogen-bond acceptors (Lipinski definition) is 8. The summed E-state index contributed by atoms with van der Waals surface area (Å²) in [5.74, 6) is 1.05. The minimum atomic E-state index is -4.78. The van der Waals surface area contributed by atoms with E-state index in [4.69, 9.17) is 14.7 Å². The monoisotopic (exact) mass is 419 g/mol. The molecule has 3 heterocycles. The second kappa shape index (κ2) is 6.08. The van der Waals surface area contributed by atoms with Crippen molar-refractivity contribution in [1.29, 1.82) is 0 Å². The van der Waals surface area contributed by atoms with Crippen molar-refractivity contribution in [2.24, 2.45) is 11.1 Å². The highest BCUT2D eigenvalue weighted by molar-refractivity contribution is 7.80. The summed E-state index contributed by atoms with van der Waals surface area (Å²) < 4.78 is 41.6. The molecule has 2 aliphatic carbocycles. The van der Waals surface area contributed by atoms with Crippen molar-refractivity contribution < 1.29 is 26.5 Å². The van der Waals surface area contributed by atoms with Crippen LogP contribution in [0.2, 0.25) is 0 Å². The molecule has 2 bridgehead atoms. The zero-order valence-corrected chi connectivity index (χ0v) is 16.8. The highest BCUT2D eigenvalue weighted by Gasteiger charge is 2.65. The fourth-order valence-corrected chi connectivity index (χ4v) is 4.82. The predicted octanol–water partition coefficient (Wildman–Crippen LogP) is 0.398. The standard InChI is InChI=1S/C14H19N5O6S.H3P/c15-8-3-7(4-8)11-16-17-12(24-11)9-5-14(1-2-14)10-6-18(9)13(20)19(10)25-26(21,22)23;/h7-10H,1-6,15H2,(H,21,22,23);1H3/t7?,8?,9?,10-;/m0./s1. The Balaban J connectivity index is 0.00000180. The first-order valence-electron chi connectivity index (χ1n) is 8.61. The lowest BCUT2D eigenvalue weighted by molar-refractivity contribution is -0.0530. The first-order chi connectivity index (χ1) is 12.3. The summed E-state index contributed by atoms with van der Waals surface area (Å²) in [4.78, 5) is 14.1. The Labute approximate surface area is 159 Å². The van der Waals surface area contributed by atoms with Gasteiger partial charge in [0.25, 0.3) is 0 Å². The van der Waals surface area contributed by atoms with E-state index in [-0.39, 0.29) is 27.3 Å². The number of rotatable bonds is 4. The van der Waals surface area contributed by atoms with Crippen LogP contribution < -0.4 is 5.73 Å². The fraction of sp³-hybridized carbons (Fsp3) is 0.786. The lowest BCUT2D eigenvalue weighted by Gasteiger charge is -2.34. The molecule has 3 N–H and O–H groups in total. The number of amides is 2. The Morgan fingerprint density at radius 1 is 1.26 bits per heavy atom. The molecular weight excluding hydrogens is 397 g/mol. The topological polar surface area (TPSA) is 152 Å². The minimum absolute atomic E-state index is 0. The number of aromatic nitrogens is 2. The van der Waals surface area contributed by atoms with E-state index >= 15 is 0 Å². The average molecular weight is 419 g/mol. The van der Waals surface area contributed by atoms with Crippen LogP contribution in [-0.4, -0.2) is 57.8 Å². The fourth-order valence-electron chi connectivity index (χ4n) is 4.45. The highest BCUT2D eigenvalue weighted by Crippen LogP contribution is 2.61. The van der Waals surface area contributed by atoms with Gasteiger partial charge in [0.2, 0.25) is 11.8 Å². The number of fused-ring (bicyclic) bond motifs is 3. The Morgan fingerprint density at radius 3 is 2.52 bits per heavy atom. The van der Waals surface area contributed by atoms with Gasteiger partial charge in [-0.1, -0.05) is 0 Å². The largest absolute Gasteiger partial charge is 0.423 e. The Morgan fingerprint density at radius 2 is 1.93 bits per heavy atom. The number of urea groups is 1. The maximum atomic E-state index is 12.7. The normalized spacial score (nSPS) is 33.8. The number of hydroxylamine groups is 2. The molecule has 2 saturated heterocycles. The molecule has 3 atom stereocenters. The quantitative estimate of drug-likeness (QED) is 0.521. The SMILES string of the molecule is NC1CC(c2nnc(C3CC4(CC4)[C@@H]4CN3C(=O)N4OS(=O)(=O)O)o2)C1.P. The van der Waals surface area contributed by atoms with Crippen LogP contribution in [0.1, 0.15) is 55.8 Å². The molecule has 2 saturated carbocycles. The first-order valence-corrected chi connectivity index (χ1v) is 9.98. The van der Waals surface area contributed by atoms with Crippen LogP contribution in [0.25, 0.3) is 0 Å². The molecule has 0 aromatic carbocycles. The third kappa shape index (κ3) is 3.03. The van der Waals surface area contributed by atoms with E-state index in [2.05, 4.69) is 14.5 Å². The molecule has 27 heavy (non-hydrogen) atoms.